The van der Waals surface area contributed by atoms with Crippen LogP contribution in [0.1, 0.15) is 342 Å². The molecule has 0 fully saturated rings. The summed E-state index contributed by atoms with van der Waals surface area (Å²) < 4.78 is 16.9. The molecule has 0 aliphatic carbocycles. The van der Waals surface area contributed by atoms with Gasteiger partial charge in [0.05, 0.1) is 0 Å². The number of ether oxygens (including phenoxy) is 3. The summed E-state index contributed by atoms with van der Waals surface area (Å²) in [5.41, 5.74) is 0. The van der Waals surface area contributed by atoms with Crippen molar-refractivity contribution in [2.45, 2.75) is 348 Å². The number of rotatable bonds is 61. The average molecular weight is 1080 g/mol. The average Bonchev–Trinajstić information content (AvgIpc) is 3.43. The van der Waals surface area contributed by atoms with Crippen LogP contribution < -0.4 is 0 Å². The molecule has 0 unspecified atom stereocenters. The molecule has 0 N–H and O–H groups in total. The van der Waals surface area contributed by atoms with E-state index in [1.807, 2.05) is 6.08 Å². The van der Waals surface area contributed by atoms with Crippen LogP contribution in [0.4, 0.5) is 0 Å². The highest BCUT2D eigenvalue weighted by Gasteiger charge is 2.19. The van der Waals surface area contributed by atoms with E-state index in [2.05, 4.69) is 87.6 Å². The van der Waals surface area contributed by atoms with Gasteiger partial charge < -0.3 is 14.2 Å². The van der Waals surface area contributed by atoms with Gasteiger partial charge in [0, 0.05) is 19.3 Å². The smallest absolute Gasteiger partial charge is 0.306 e. The van der Waals surface area contributed by atoms with Gasteiger partial charge in [-0.05, 0) is 57.8 Å². The van der Waals surface area contributed by atoms with Crippen molar-refractivity contribution in [3.63, 3.8) is 0 Å². The topological polar surface area (TPSA) is 78.9 Å². The van der Waals surface area contributed by atoms with Gasteiger partial charge >= 0.3 is 17.9 Å². The van der Waals surface area contributed by atoms with Crippen molar-refractivity contribution in [2.24, 2.45) is 0 Å². The Hall–Kier alpha value is -3.15. The lowest BCUT2D eigenvalue weighted by molar-refractivity contribution is -0.166. The summed E-state index contributed by atoms with van der Waals surface area (Å²) in [5.74, 6) is -0.960. The van der Waals surface area contributed by atoms with Crippen molar-refractivity contribution < 1.29 is 28.6 Å². The molecule has 6 heteroatoms. The maximum atomic E-state index is 12.9. The molecule has 1 atom stereocenters. The Bertz CT molecular complexity index is 1420. The Morgan fingerprint density at radius 3 is 0.792 bits per heavy atom. The summed E-state index contributed by atoms with van der Waals surface area (Å²) in [6.07, 6.45) is 85.0. The standard InChI is InChI=1S/C71H126O6/c1-4-7-10-13-16-19-22-25-28-31-34-35-38-41-44-47-50-53-56-59-62-65-71(74)77-68(66-75-69(72)63-60-57-54-51-48-45-42-39-36-32-29-26-23-20-17-14-11-8-5-2)67-76-70(73)64-61-58-55-52-49-46-43-40-37-33-30-27-24-21-18-15-12-9-6-3/h8,11,17,20,26,29,36,39,45,48,54,57,68H,4-7,9-10,12-16,18-19,21-25,27-28,30-35,37-38,40-44,46-47,49-53,55-56,58-67H2,1-3H3/b11-8-,20-17-,29-26-,39-36-,48-45-,57-54-/t68-/m1/s1. The molecule has 0 radical (unpaired) electrons. The summed E-state index contributed by atoms with van der Waals surface area (Å²) in [6.45, 7) is 6.52. The van der Waals surface area contributed by atoms with Crippen LogP contribution in [0.2, 0.25) is 0 Å². The Morgan fingerprint density at radius 1 is 0.273 bits per heavy atom. The lowest BCUT2D eigenvalue weighted by atomic mass is 10.0. The number of carbonyl (C=O) groups is 3. The molecule has 0 aliphatic heterocycles. The van der Waals surface area contributed by atoms with Gasteiger partial charge in [-0.3, -0.25) is 14.4 Å². The number of esters is 3. The van der Waals surface area contributed by atoms with Crippen molar-refractivity contribution in [3.8, 4) is 0 Å². The molecule has 6 nitrogen and oxygen atoms in total. The molecule has 0 aromatic rings. The van der Waals surface area contributed by atoms with Crippen LogP contribution in [0.3, 0.4) is 0 Å². The second kappa shape index (κ2) is 65.4. The van der Waals surface area contributed by atoms with Crippen LogP contribution in [0.5, 0.6) is 0 Å². The summed E-state index contributed by atoms with van der Waals surface area (Å²) in [6, 6.07) is 0. The van der Waals surface area contributed by atoms with E-state index in [0.717, 1.165) is 77.0 Å². The number of allylic oxidation sites excluding steroid dienone is 12. The fourth-order valence-electron chi connectivity index (χ4n) is 9.77. The molecule has 0 amide bonds. The molecule has 0 rings (SSSR count). The minimum Gasteiger partial charge on any atom is -0.462 e. The maximum absolute atomic E-state index is 12.9. The van der Waals surface area contributed by atoms with Gasteiger partial charge in [0.15, 0.2) is 6.10 Å². The third-order valence-electron chi connectivity index (χ3n) is 14.7. The molecular formula is C71H126O6. The van der Waals surface area contributed by atoms with Crippen LogP contribution >= 0.6 is 0 Å². The van der Waals surface area contributed by atoms with E-state index >= 15 is 0 Å². The van der Waals surface area contributed by atoms with E-state index in [4.69, 9.17) is 14.2 Å². The summed E-state index contributed by atoms with van der Waals surface area (Å²) >= 11 is 0. The van der Waals surface area contributed by atoms with Crippen molar-refractivity contribution in [3.05, 3.63) is 72.9 Å². The monoisotopic (exact) mass is 1070 g/mol. The van der Waals surface area contributed by atoms with Crippen LogP contribution in [0, 0.1) is 0 Å². The number of unbranched alkanes of at least 4 members (excludes halogenated alkanes) is 38. The quantitative estimate of drug-likeness (QED) is 0.0261. The predicted octanol–water partition coefficient (Wildman–Crippen LogP) is 22.9. The van der Waals surface area contributed by atoms with E-state index < -0.39 is 6.10 Å². The zero-order valence-electron chi connectivity index (χ0n) is 51.2. The number of hydrogen-bond donors (Lipinski definition) is 0. The molecule has 77 heavy (non-hydrogen) atoms. The van der Waals surface area contributed by atoms with Crippen molar-refractivity contribution in [1.82, 2.24) is 0 Å². The summed E-state index contributed by atoms with van der Waals surface area (Å²) in [4.78, 5) is 38.4. The van der Waals surface area contributed by atoms with Crippen LogP contribution in [-0.2, 0) is 28.6 Å². The molecule has 0 aliphatic rings. The molecule has 0 aromatic carbocycles. The second-order valence-corrected chi connectivity index (χ2v) is 22.4. The Labute approximate surface area is 478 Å². The predicted molar refractivity (Wildman–Crippen MR) is 335 cm³/mol. The van der Waals surface area contributed by atoms with E-state index in [-0.39, 0.29) is 37.5 Å². The highest BCUT2D eigenvalue weighted by Crippen LogP contribution is 2.18. The first-order chi connectivity index (χ1) is 38.0. The molecule has 446 valence electrons. The maximum Gasteiger partial charge on any atom is 0.306 e. The van der Waals surface area contributed by atoms with Crippen LogP contribution in [0.25, 0.3) is 0 Å². The third-order valence-corrected chi connectivity index (χ3v) is 14.7. The van der Waals surface area contributed by atoms with Crippen molar-refractivity contribution >= 4 is 17.9 Å². The van der Waals surface area contributed by atoms with Gasteiger partial charge in [-0.25, -0.2) is 0 Å². The fourth-order valence-corrected chi connectivity index (χ4v) is 9.77. The van der Waals surface area contributed by atoms with Gasteiger partial charge in [-0.15, -0.1) is 0 Å². The SMILES string of the molecule is CC/C=C\C/C=C\C/C=C\C/C=C\C/C=C\C/C=C\CCC(=O)OC[C@H](COC(=O)CCCCCCCCCCCCCCCCCCCCC)OC(=O)CCCCCCCCCCCCCCCCCCCCCCC. The fraction of sp³-hybridized carbons (Fsp3) is 0.789. The zero-order chi connectivity index (χ0) is 55.7. The molecule has 0 bridgehead atoms. The van der Waals surface area contributed by atoms with E-state index in [1.54, 1.807) is 0 Å². The lowest BCUT2D eigenvalue weighted by Crippen LogP contribution is -2.30. The van der Waals surface area contributed by atoms with Crippen molar-refractivity contribution in [2.75, 3.05) is 13.2 Å². The highest BCUT2D eigenvalue weighted by atomic mass is 16.6. The van der Waals surface area contributed by atoms with Gasteiger partial charge in [0.1, 0.15) is 13.2 Å². The molecule has 0 aromatic heterocycles. The van der Waals surface area contributed by atoms with Gasteiger partial charge in [-0.1, -0.05) is 338 Å². The third kappa shape index (κ3) is 63.6. The second-order valence-electron chi connectivity index (χ2n) is 22.4. The highest BCUT2D eigenvalue weighted by molar-refractivity contribution is 5.71. The zero-order valence-corrected chi connectivity index (χ0v) is 51.2. The van der Waals surface area contributed by atoms with E-state index in [9.17, 15) is 14.4 Å². The number of hydrogen-bond acceptors (Lipinski definition) is 6. The van der Waals surface area contributed by atoms with Gasteiger partial charge in [-0.2, -0.15) is 0 Å². The van der Waals surface area contributed by atoms with E-state index in [0.29, 0.717) is 19.3 Å². The Balaban J connectivity index is 4.42. The first-order valence-electron chi connectivity index (χ1n) is 33.4. The molecule has 0 heterocycles. The molecular weight excluding hydrogens is 949 g/mol. The molecule has 0 saturated carbocycles. The Morgan fingerprint density at radius 2 is 0.506 bits per heavy atom. The van der Waals surface area contributed by atoms with E-state index in [1.165, 1.54) is 218 Å². The van der Waals surface area contributed by atoms with Crippen LogP contribution in [-0.4, -0.2) is 37.2 Å². The lowest BCUT2D eigenvalue weighted by Gasteiger charge is -2.18. The first-order valence-corrected chi connectivity index (χ1v) is 33.4. The minimum atomic E-state index is -0.804. The molecule has 0 saturated heterocycles. The van der Waals surface area contributed by atoms with Gasteiger partial charge in [0.2, 0.25) is 0 Å². The Kier molecular flexibility index (Phi) is 62.7. The van der Waals surface area contributed by atoms with Crippen molar-refractivity contribution in [1.29, 1.82) is 0 Å². The first kappa shape index (κ1) is 73.8. The summed E-state index contributed by atoms with van der Waals surface area (Å²) in [5, 5.41) is 0. The van der Waals surface area contributed by atoms with Gasteiger partial charge in [0.25, 0.3) is 0 Å². The largest absolute Gasteiger partial charge is 0.462 e. The minimum absolute atomic E-state index is 0.0938. The number of carbonyl (C=O) groups excluding carboxylic acids is 3. The normalized spacial score (nSPS) is 12.5. The summed E-state index contributed by atoms with van der Waals surface area (Å²) in [7, 11) is 0. The van der Waals surface area contributed by atoms with Crippen LogP contribution in [0.15, 0.2) is 72.9 Å². The molecule has 0 spiro atoms.